The number of nitrogens with zero attached hydrogens (tertiary/aromatic N) is 3. The fourth-order valence-electron chi connectivity index (χ4n) is 4.29. The molecule has 2 aromatic heterocycles. The minimum atomic E-state index is -1.70. The molecule has 9 nitrogen and oxygen atoms in total. The Morgan fingerprint density at radius 3 is 2.65 bits per heavy atom. The lowest BCUT2D eigenvalue weighted by atomic mass is 9.76. The van der Waals surface area contributed by atoms with Crippen LogP contribution in [0.15, 0.2) is 11.1 Å². The van der Waals surface area contributed by atoms with Gasteiger partial charge in [-0.2, -0.15) is 4.98 Å². The monoisotopic (exact) mass is 381 g/mol. The van der Waals surface area contributed by atoms with E-state index in [2.05, 4.69) is 28.0 Å². The van der Waals surface area contributed by atoms with Gasteiger partial charge in [0.05, 0.1) is 27.8 Å². The first-order valence-corrected chi connectivity index (χ1v) is 11.6. The van der Waals surface area contributed by atoms with Gasteiger partial charge >= 0.3 is 0 Å². The van der Waals surface area contributed by atoms with Crippen molar-refractivity contribution in [2.45, 2.75) is 51.4 Å². The van der Waals surface area contributed by atoms with E-state index in [4.69, 9.17) is 10.5 Å². The fraction of sp³-hybridized carbons (Fsp3) is 0.688. The smallest absolute Gasteiger partial charge is 0.280 e. The molecular formula is C16H27N5O4Si. The van der Waals surface area contributed by atoms with Crippen LogP contribution in [0.2, 0.25) is 13.1 Å². The van der Waals surface area contributed by atoms with E-state index in [1.165, 1.54) is 6.33 Å². The first-order chi connectivity index (χ1) is 12.0. The topological polar surface area (TPSA) is 139 Å². The van der Waals surface area contributed by atoms with Gasteiger partial charge in [0.2, 0.25) is 5.95 Å². The quantitative estimate of drug-likeness (QED) is 0.540. The molecule has 5 N–H and O–H groups in total. The standard InChI is InChI=1S/C16H27N5O4Si/c1-15(2,3)11-10(23)8(6-22)25-16(11,26(4)5)21-7-18-9-12(21)19-14(17)20-13(9)24/h7-8,10-11,22-23,26H,6H2,1-5H3,(H3,17,19,20,24)/t8-,10-,11+,16+/m1/s1. The molecule has 1 aliphatic heterocycles. The van der Waals surface area contributed by atoms with Crippen molar-refractivity contribution in [2.75, 3.05) is 12.3 Å². The minimum Gasteiger partial charge on any atom is -0.394 e. The second kappa shape index (κ2) is 6.15. The molecule has 4 atom stereocenters. The minimum absolute atomic E-state index is 0.00520. The van der Waals surface area contributed by atoms with Crippen LogP contribution in [-0.4, -0.2) is 57.3 Å². The van der Waals surface area contributed by atoms with E-state index in [-0.39, 0.29) is 29.4 Å². The van der Waals surface area contributed by atoms with Crippen molar-refractivity contribution >= 4 is 25.9 Å². The van der Waals surface area contributed by atoms with Gasteiger partial charge in [-0.15, -0.1) is 0 Å². The molecule has 0 saturated carbocycles. The number of aliphatic hydroxyl groups excluding tert-OH is 2. The highest BCUT2D eigenvalue weighted by Gasteiger charge is 2.61. The Balaban J connectivity index is 2.34. The summed E-state index contributed by atoms with van der Waals surface area (Å²) in [6.07, 6.45) is -0.0394. The van der Waals surface area contributed by atoms with Crippen LogP contribution in [0.4, 0.5) is 5.95 Å². The summed E-state index contributed by atoms with van der Waals surface area (Å²) in [4.78, 5) is 23.1. The molecule has 10 heteroatoms. The second-order valence-corrected chi connectivity index (χ2v) is 11.5. The predicted molar refractivity (Wildman–Crippen MR) is 100 cm³/mol. The van der Waals surface area contributed by atoms with E-state index in [0.717, 1.165) is 0 Å². The van der Waals surface area contributed by atoms with Crippen LogP contribution >= 0.6 is 0 Å². The Morgan fingerprint density at radius 1 is 1.46 bits per heavy atom. The summed E-state index contributed by atoms with van der Waals surface area (Å²) in [5.74, 6) is -0.326. The maximum atomic E-state index is 12.2. The summed E-state index contributed by atoms with van der Waals surface area (Å²) in [5, 5.41) is 19.8. The third kappa shape index (κ3) is 2.59. The Morgan fingerprint density at radius 2 is 2.12 bits per heavy atom. The molecule has 0 spiro atoms. The largest absolute Gasteiger partial charge is 0.394 e. The van der Waals surface area contributed by atoms with Crippen LogP contribution in [0, 0.1) is 11.3 Å². The second-order valence-electron chi connectivity index (χ2n) is 8.32. The van der Waals surface area contributed by atoms with Crippen molar-refractivity contribution < 1.29 is 14.9 Å². The zero-order valence-corrected chi connectivity index (χ0v) is 16.9. The molecule has 1 saturated heterocycles. The lowest BCUT2D eigenvalue weighted by molar-refractivity contribution is -0.0856. The van der Waals surface area contributed by atoms with Crippen molar-refractivity contribution in [1.29, 1.82) is 0 Å². The molecule has 144 valence electrons. The molecule has 0 aromatic carbocycles. The van der Waals surface area contributed by atoms with Crippen molar-refractivity contribution in [3.05, 3.63) is 16.7 Å². The molecule has 3 rings (SSSR count). The van der Waals surface area contributed by atoms with Gasteiger partial charge in [-0.3, -0.25) is 14.3 Å². The maximum absolute atomic E-state index is 12.2. The van der Waals surface area contributed by atoms with Crippen molar-refractivity contribution in [3.63, 3.8) is 0 Å². The van der Waals surface area contributed by atoms with Crippen LogP contribution in [0.1, 0.15) is 20.8 Å². The zero-order valence-electron chi connectivity index (χ0n) is 15.7. The summed E-state index contributed by atoms with van der Waals surface area (Å²) >= 11 is 0. The number of nitrogens with two attached hydrogens (primary N) is 1. The molecule has 1 aliphatic rings. The number of ether oxygens (including phenoxy) is 1. The number of rotatable bonds is 3. The van der Waals surface area contributed by atoms with E-state index >= 15 is 0 Å². The Hall–Kier alpha value is -1.75. The molecule has 0 radical (unpaired) electrons. The van der Waals surface area contributed by atoms with Crippen LogP contribution in [0.5, 0.6) is 0 Å². The SMILES string of the molecule is C[SiH](C)[C@@]1(n2cnc3c(=O)[nH]c(N)nc32)O[C@H](CO)[C@@H](O)[C@H]1C(C)(C)C. The number of H-pyrrole nitrogens is 1. The van der Waals surface area contributed by atoms with Gasteiger partial charge in [-0.1, -0.05) is 33.9 Å². The molecule has 1 fully saturated rings. The number of hydrogen-bond donors (Lipinski definition) is 4. The molecule has 0 aliphatic carbocycles. The Labute approximate surface area is 152 Å². The Bertz CT molecular complexity index is 874. The highest BCUT2D eigenvalue weighted by molar-refractivity contribution is 6.58. The van der Waals surface area contributed by atoms with Gasteiger partial charge in [-0.05, 0) is 5.41 Å². The van der Waals surface area contributed by atoms with Crippen LogP contribution in [-0.2, 0) is 10.1 Å². The average Bonchev–Trinajstić information content (AvgIpc) is 3.06. The zero-order chi connectivity index (χ0) is 19.4. The average molecular weight is 382 g/mol. The van der Waals surface area contributed by atoms with Crippen LogP contribution in [0.25, 0.3) is 11.2 Å². The number of nitrogen functional groups attached to an aromatic ring is 1. The lowest BCUT2D eigenvalue weighted by Gasteiger charge is -2.45. The number of aromatic nitrogens is 4. The molecule has 0 bridgehead atoms. The number of imidazole rings is 1. The van der Waals surface area contributed by atoms with Gasteiger partial charge in [0, 0.05) is 5.92 Å². The van der Waals surface area contributed by atoms with Gasteiger partial charge in [0.25, 0.3) is 5.56 Å². The third-order valence-corrected chi connectivity index (χ3v) is 7.68. The first-order valence-electron chi connectivity index (χ1n) is 8.74. The van der Waals surface area contributed by atoms with E-state index in [1.54, 1.807) is 4.57 Å². The number of aliphatic hydroxyl groups is 2. The summed E-state index contributed by atoms with van der Waals surface area (Å²) < 4.78 is 8.08. The van der Waals surface area contributed by atoms with Crippen LogP contribution in [0.3, 0.4) is 0 Å². The molecule has 0 amide bonds. The Kier molecular flexibility index (Phi) is 4.50. The van der Waals surface area contributed by atoms with E-state index < -0.39 is 31.9 Å². The highest BCUT2D eigenvalue weighted by Crippen LogP contribution is 2.51. The summed E-state index contributed by atoms with van der Waals surface area (Å²) in [6, 6.07) is 0. The number of aromatic amines is 1. The number of nitrogens with one attached hydrogen (secondary N) is 1. The molecule has 2 aromatic rings. The van der Waals surface area contributed by atoms with Crippen molar-refractivity contribution in [3.8, 4) is 0 Å². The molecule has 3 heterocycles. The summed E-state index contributed by atoms with van der Waals surface area (Å²) in [7, 11) is -1.70. The lowest BCUT2D eigenvalue weighted by Crippen LogP contribution is -2.55. The van der Waals surface area contributed by atoms with Crippen molar-refractivity contribution in [2.24, 2.45) is 11.3 Å². The predicted octanol–water partition coefficient (Wildman–Crippen LogP) is -0.205. The summed E-state index contributed by atoms with van der Waals surface area (Å²) in [5.41, 5.74) is 5.49. The van der Waals surface area contributed by atoms with Gasteiger partial charge in [0.15, 0.2) is 11.2 Å². The molecular weight excluding hydrogens is 354 g/mol. The third-order valence-electron chi connectivity index (χ3n) is 5.25. The first kappa shape index (κ1) is 19.0. The van der Waals surface area contributed by atoms with E-state index in [9.17, 15) is 15.0 Å². The maximum Gasteiger partial charge on any atom is 0.280 e. The van der Waals surface area contributed by atoms with E-state index in [1.807, 2.05) is 20.8 Å². The number of fused-ring (bicyclic) bond motifs is 1. The van der Waals surface area contributed by atoms with Crippen LogP contribution < -0.4 is 11.3 Å². The summed E-state index contributed by atoms with van der Waals surface area (Å²) in [6.45, 7) is 10.0. The van der Waals surface area contributed by atoms with E-state index in [0.29, 0.717) is 5.65 Å². The van der Waals surface area contributed by atoms with Gasteiger partial charge in [0.1, 0.15) is 11.5 Å². The number of anilines is 1. The molecule has 26 heavy (non-hydrogen) atoms. The van der Waals surface area contributed by atoms with Crippen molar-refractivity contribution in [1.82, 2.24) is 19.5 Å². The highest BCUT2D eigenvalue weighted by atomic mass is 28.3. The molecule has 0 unspecified atom stereocenters. The number of hydrogen-bond acceptors (Lipinski definition) is 7. The van der Waals surface area contributed by atoms with Gasteiger partial charge < -0.3 is 20.7 Å². The van der Waals surface area contributed by atoms with Gasteiger partial charge in [-0.25, -0.2) is 4.98 Å². The normalized spacial score (nSPS) is 29.8. The fourth-order valence-corrected chi connectivity index (χ4v) is 6.89.